The van der Waals surface area contributed by atoms with Crippen LogP contribution in [0.1, 0.15) is 38.3 Å². The quantitative estimate of drug-likeness (QED) is 0.782. The zero-order valence-corrected chi connectivity index (χ0v) is 12.8. The first kappa shape index (κ1) is 15.5. The third kappa shape index (κ3) is 2.94. The van der Waals surface area contributed by atoms with Crippen LogP contribution in [0, 0.1) is 5.92 Å². The highest BCUT2D eigenvalue weighted by atomic mass is 16.5. The van der Waals surface area contributed by atoms with Gasteiger partial charge in [0.15, 0.2) is 0 Å². The second kappa shape index (κ2) is 6.29. The van der Waals surface area contributed by atoms with Crippen molar-refractivity contribution < 1.29 is 19.1 Å². The summed E-state index contributed by atoms with van der Waals surface area (Å²) >= 11 is 0. The summed E-state index contributed by atoms with van der Waals surface area (Å²) < 4.78 is 10.3. The van der Waals surface area contributed by atoms with Crippen LogP contribution in [0.4, 0.5) is 0 Å². The van der Waals surface area contributed by atoms with E-state index < -0.39 is 5.41 Å². The number of rotatable bonds is 5. The number of hydrogen-bond donors (Lipinski definition) is 0. The molecule has 2 atom stereocenters. The van der Waals surface area contributed by atoms with Gasteiger partial charge in [0.1, 0.15) is 0 Å². The Balaban J connectivity index is 2.34. The van der Waals surface area contributed by atoms with Gasteiger partial charge in [-0.1, -0.05) is 31.2 Å². The van der Waals surface area contributed by atoms with Crippen LogP contribution in [0.5, 0.6) is 0 Å². The summed E-state index contributed by atoms with van der Waals surface area (Å²) in [5.41, 5.74) is 1.60. The molecule has 1 aromatic carbocycles. The minimum atomic E-state index is -0.560. The van der Waals surface area contributed by atoms with Crippen molar-refractivity contribution in [2.24, 2.45) is 5.92 Å². The minimum absolute atomic E-state index is 0.196. The molecule has 1 aliphatic carbocycles. The second-order valence-electron chi connectivity index (χ2n) is 5.57. The van der Waals surface area contributed by atoms with Crippen molar-refractivity contribution in [3.8, 4) is 0 Å². The largest absolute Gasteiger partial charge is 0.466 e. The van der Waals surface area contributed by atoms with Crippen molar-refractivity contribution in [3.63, 3.8) is 0 Å². The molecule has 4 nitrogen and oxygen atoms in total. The number of hydrogen-bond acceptors (Lipinski definition) is 4. The molecule has 0 radical (unpaired) electrons. The zero-order valence-electron chi connectivity index (χ0n) is 12.8. The molecular weight excluding hydrogens is 268 g/mol. The third-order valence-corrected chi connectivity index (χ3v) is 4.21. The van der Waals surface area contributed by atoms with Gasteiger partial charge in [-0.05, 0) is 31.4 Å². The maximum Gasteiger partial charge on any atom is 0.310 e. The van der Waals surface area contributed by atoms with E-state index in [0.717, 1.165) is 11.1 Å². The Morgan fingerprint density at radius 3 is 2.52 bits per heavy atom. The Morgan fingerprint density at radius 2 is 1.86 bits per heavy atom. The molecule has 21 heavy (non-hydrogen) atoms. The Bertz CT molecular complexity index is 537. The number of carbonyl (C=O) groups is 2. The molecule has 0 fully saturated rings. The van der Waals surface area contributed by atoms with Crippen molar-refractivity contribution in [1.82, 2.24) is 0 Å². The number of esters is 2. The van der Waals surface area contributed by atoms with E-state index >= 15 is 0 Å². The van der Waals surface area contributed by atoms with E-state index in [9.17, 15) is 9.59 Å². The fourth-order valence-corrected chi connectivity index (χ4v) is 3.20. The SMILES string of the molecule is CCOC(=O)C[C@]1(C)c2ccccc2C[C@H]1C(=O)OCC. The summed E-state index contributed by atoms with van der Waals surface area (Å²) in [6.07, 6.45) is 0.812. The van der Waals surface area contributed by atoms with E-state index in [2.05, 4.69) is 0 Å². The van der Waals surface area contributed by atoms with Crippen molar-refractivity contribution >= 4 is 11.9 Å². The molecule has 2 rings (SSSR count). The van der Waals surface area contributed by atoms with E-state index in [1.54, 1.807) is 13.8 Å². The van der Waals surface area contributed by atoms with Crippen molar-refractivity contribution in [1.29, 1.82) is 0 Å². The summed E-state index contributed by atoms with van der Waals surface area (Å²) in [5, 5.41) is 0. The lowest BCUT2D eigenvalue weighted by Crippen LogP contribution is -2.37. The third-order valence-electron chi connectivity index (χ3n) is 4.21. The maximum absolute atomic E-state index is 12.3. The van der Waals surface area contributed by atoms with Crippen LogP contribution in [-0.2, 0) is 30.9 Å². The molecule has 1 aromatic rings. The van der Waals surface area contributed by atoms with Crippen LogP contribution in [-0.4, -0.2) is 25.2 Å². The van der Waals surface area contributed by atoms with E-state index in [0.29, 0.717) is 19.6 Å². The maximum atomic E-state index is 12.3. The first-order chi connectivity index (χ1) is 10.0. The van der Waals surface area contributed by atoms with Gasteiger partial charge in [-0.2, -0.15) is 0 Å². The monoisotopic (exact) mass is 290 g/mol. The van der Waals surface area contributed by atoms with Crippen LogP contribution >= 0.6 is 0 Å². The fourth-order valence-electron chi connectivity index (χ4n) is 3.20. The predicted octanol–water partition coefficient (Wildman–Crippen LogP) is 2.63. The van der Waals surface area contributed by atoms with E-state index in [-0.39, 0.29) is 24.3 Å². The lowest BCUT2D eigenvalue weighted by molar-refractivity contribution is -0.152. The van der Waals surface area contributed by atoms with Gasteiger partial charge in [0.25, 0.3) is 0 Å². The molecule has 0 spiro atoms. The summed E-state index contributed by atoms with van der Waals surface area (Å²) in [7, 11) is 0. The highest BCUT2D eigenvalue weighted by molar-refractivity contribution is 5.80. The molecule has 0 heterocycles. The van der Waals surface area contributed by atoms with Gasteiger partial charge in [0.05, 0.1) is 25.6 Å². The van der Waals surface area contributed by atoms with Gasteiger partial charge in [0.2, 0.25) is 0 Å². The Hall–Kier alpha value is -1.84. The van der Waals surface area contributed by atoms with Gasteiger partial charge in [-0.15, -0.1) is 0 Å². The van der Waals surface area contributed by atoms with Gasteiger partial charge in [-0.25, -0.2) is 0 Å². The van der Waals surface area contributed by atoms with Crippen LogP contribution in [0.15, 0.2) is 24.3 Å². The zero-order chi connectivity index (χ0) is 15.5. The van der Waals surface area contributed by atoms with Crippen LogP contribution in [0.3, 0.4) is 0 Å². The molecule has 0 saturated heterocycles. The van der Waals surface area contributed by atoms with E-state index in [4.69, 9.17) is 9.47 Å². The average molecular weight is 290 g/mol. The molecule has 114 valence electrons. The molecule has 0 unspecified atom stereocenters. The fraction of sp³-hybridized carbons (Fsp3) is 0.529. The first-order valence-electron chi connectivity index (χ1n) is 7.43. The minimum Gasteiger partial charge on any atom is -0.466 e. The molecule has 0 bridgehead atoms. The standard InChI is InChI=1S/C17H22O4/c1-4-20-15(18)11-17(3)13-9-7-6-8-12(13)10-14(17)16(19)21-5-2/h6-9,14H,4-5,10-11H2,1-3H3/t14-,17+/m0/s1. The molecule has 4 heteroatoms. The number of ether oxygens (including phenoxy) is 2. The molecule has 0 aromatic heterocycles. The first-order valence-corrected chi connectivity index (χ1v) is 7.43. The predicted molar refractivity (Wildman–Crippen MR) is 78.9 cm³/mol. The molecular formula is C17H22O4. The molecule has 1 aliphatic rings. The smallest absolute Gasteiger partial charge is 0.310 e. The van der Waals surface area contributed by atoms with E-state index in [1.807, 2.05) is 31.2 Å². The lowest BCUT2D eigenvalue weighted by atomic mass is 9.74. The molecule has 0 saturated carbocycles. The topological polar surface area (TPSA) is 52.6 Å². The summed E-state index contributed by atoms with van der Waals surface area (Å²) in [5.74, 6) is -0.842. The molecule has 0 aliphatic heterocycles. The number of fused-ring (bicyclic) bond motifs is 1. The van der Waals surface area contributed by atoms with Gasteiger partial charge in [0, 0.05) is 5.41 Å². The summed E-state index contributed by atoms with van der Waals surface area (Å²) in [6, 6.07) is 7.90. The molecule has 0 N–H and O–H groups in total. The lowest BCUT2D eigenvalue weighted by Gasteiger charge is -2.30. The highest BCUT2D eigenvalue weighted by Crippen LogP contribution is 2.46. The summed E-state index contributed by atoms with van der Waals surface area (Å²) in [4.78, 5) is 24.3. The van der Waals surface area contributed by atoms with Crippen molar-refractivity contribution in [2.45, 2.75) is 39.0 Å². The van der Waals surface area contributed by atoms with Gasteiger partial charge >= 0.3 is 11.9 Å². The Labute approximate surface area is 125 Å². The average Bonchev–Trinajstić information content (AvgIpc) is 2.73. The molecule has 0 amide bonds. The van der Waals surface area contributed by atoms with Gasteiger partial charge < -0.3 is 9.47 Å². The normalized spacial score (nSPS) is 23.5. The number of benzene rings is 1. The van der Waals surface area contributed by atoms with Crippen LogP contribution in [0.25, 0.3) is 0 Å². The van der Waals surface area contributed by atoms with Crippen LogP contribution in [0.2, 0.25) is 0 Å². The summed E-state index contributed by atoms with van der Waals surface area (Å²) in [6.45, 7) is 6.23. The van der Waals surface area contributed by atoms with Crippen LogP contribution < -0.4 is 0 Å². The van der Waals surface area contributed by atoms with E-state index in [1.165, 1.54) is 0 Å². The highest BCUT2D eigenvalue weighted by Gasteiger charge is 2.48. The Morgan fingerprint density at radius 1 is 1.19 bits per heavy atom. The van der Waals surface area contributed by atoms with Crippen molar-refractivity contribution in [3.05, 3.63) is 35.4 Å². The van der Waals surface area contributed by atoms with Gasteiger partial charge in [-0.3, -0.25) is 9.59 Å². The van der Waals surface area contributed by atoms with Crippen molar-refractivity contribution in [2.75, 3.05) is 13.2 Å². The Kier molecular flexibility index (Phi) is 4.66. The second-order valence-corrected chi connectivity index (χ2v) is 5.57. The number of carbonyl (C=O) groups excluding carboxylic acids is 2.